The van der Waals surface area contributed by atoms with Crippen LogP contribution in [0, 0.1) is 0 Å². The summed E-state index contributed by atoms with van der Waals surface area (Å²) in [5.74, 6) is -1.22. The molecule has 2 aromatic heterocycles. The summed E-state index contributed by atoms with van der Waals surface area (Å²) in [5.41, 5.74) is -0.676. The smallest absolute Gasteiger partial charge is 0.347 e. The number of aryl methyl sites for hydroxylation is 1. The Morgan fingerprint density at radius 2 is 2.28 bits per heavy atom. The molecular formula is C12H12N2O4. The third kappa shape index (κ3) is 1.71. The lowest BCUT2D eigenvalue weighted by Gasteiger charge is -2.09. The normalized spacial score (nSPS) is 10.6. The van der Waals surface area contributed by atoms with Crippen molar-refractivity contribution in [2.75, 3.05) is 6.61 Å². The first kappa shape index (κ1) is 12.1. The molecule has 1 N–H and O–H groups in total. The van der Waals surface area contributed by atoms with Crippen molar-refractivity contribution in [1.82, 2.24) is 9.55 Å². The van der Waals surface area contributed by atoms with Crippen molar-refractivity contribution in [3.05, 3.63) is 34.2 Å². The molecule has 2 aromatic rings. The van der Waals surface area contributed by atoms with Crippen LogP contribution in [0.4, 0.5) is 0 Å². The van der Waals surface area contributed by atoms with Crippen molar-refractivity contribution in [3.63, 3.8) is 0 Å². The highest BCUT2D eigenvalue weighted by Gasteiger charge is 2.22. The summed E-state index contributed by atoms with van der Waals surface area (Å²) >= 11 is 0. The molecule has 0 aliphatic carbocycles. The SMILES string of the molecule is CCOC(=O)c1c(O)c2cccnc2n(C)c1=O. The first-order valence-electron chi connectivity index (χ1n) is 5.41. The molecular weight excluding hydrogens is 236 g/mol. The van der Waals surface area contributed by atoms with Gasteiger partial charge in [-0.3, -0.25) is 9.36 Å². The lowest BCUT2D eigenvalue weighted by molar-refractivity contribution is 0.0520. The van der Waals surface area contributed by atoms with Crippen molar-refractivity contribution in [3.8, 4) is 5.75 Å². The Morgan fingerprint density at radius 1 is 1.56 bits per heavy atom. The minimum absolute atomic E-state index is 0.131. The summed E-state index contributed by atoms with van der Waals surface area (Å²) in [6, 6.07) is 3.20. The Balaban J connectivity index is 2.83. The topological polar surface area (TPSA) is 81.4 Å². The summed E-state index contributed by atoms with van der Waals surface area (Å²) in [6.07, 6.45) is 1.51. The third-order valence-electron chi connectivity index (χ3n) is 2.59. The molecule has 0 aromatic carbocycles. The van der Waals surface area contributed by atoms with Gasteiger partial charge in [-0.15, -0.1) is 0 Å². The molecule has 6 nitrogen and oxygen atoms in total. The zero-order chi connectivity index (χ0) is 13.3. The van der Waals surface area contributed by atoms with E-state index in [0.717, 1.165) is 0 Å². The number of carbonyl (C=O) groups excluding carboxylic acids is 1. The minimum Gasteiger partial charge on any atom is -0.506 e. The molecule has 0 saturated heterocycles. The molecule has 0 aliphatic heterocycles. The Labute approximate surface area is 102 Å². The van der Waals surface area contributed by atoms with Crippen LogP contribution >= 0.6 is 0 Å². The summed E-state index contributed by atoms with van der Waals surface area (Å²) < 4.78 is 5.97. The highest BCUT2D eigenvalue weighted by atomic mass is 16.5. The van der Waals surface area contributed by atoms with E-state index >= 15 is 0 Å². The Hall–Kier alpha value is -2.37. The van der Waals surface area contributed by atoms with Crippen LogP contribution in [0.25, 0.3) is 11.0 Å². The maximum atomic E-state index is 12.0. The van der Waals surface area contributed by atoms with Gasteiger partial charge in [0, 0.05) is 13.2 Å². The van der Waals surface area contributed by atoms with Gasteiger partial charge >= 0.3 is 5.97 Å². The quantitative estimate of drug-likeness (QED) is 0.795. The number of hydrogen-bond donors (Lipinski definition) is 1. The number of carbonyl (C=O) groups is 1. The number of fused-ring (bicyclic) bond motifs is 1. The first-order valence-corrected chi connectivity index (χ1v) is 5.41. The Kier molecular flexibility index (Phi) is 3.01. The molecule has 0 radical (unpaired) electrons. The fourth-order valence-electron chi connectivity index (χ4n) is 1.74. The van der Waals surface area contributed by atoms with Crippen molar-refractivity contribution in [1.29, 1.82) is 0 Å². The predicted molar refractivity (Wildman–Crippen MR) is 64.6 cm³/mol. The second-order valence-corrected chi connectivity index (χ2v) is 3.68. The Bertz CT molecular complexity index is 676. The molecule has 0 bridgehead atoms. The summed E-state index contributed by atoms with van der Waals surface area (Å²) in [6.45, 7) is 1.76. The van der Waals surface area contributed by atoms with Crippen molar-refractivity contribution < 1.29 is 14.6 Å². The van der Waals surface area contributed by atoms with Crippen LogP contribution in [0.15, 0.2) is 23.1 Å². The zero-order valence-electron chi connectivity index (χ0n) is 10.0. The molecule has 0 unspecified atom stereocenters. The van der Waals surface area contributed by atoms with E-state index in [1.807, 2.05) is 0 Å². The van der Waals surface area contributed by atoms with Gasteiger partial charge in [0.2, 0.25) is 0 Å². The van der Waals surface area contributed by atoms with Crippen LogP contribution in [0.5, 0.6) is 5.75 Å². The molecule has 0 spiro atoms. The highest BCUT2D eigenvalue weighted by molar-refractivity contribution is 5.98. The molecule has 0 fully saturated rings. The van der Waals surface area contributed by atoms with Gasteiger partial charge in [-0.1, -0.05) is 0 Å². The lowest BCUT2D eigenvalue weighted by Crippen LogP contribution is -2.26. The number of ether oxygens (including phenoxy) is 1. The molecule has 0 saturated carbocycles. The number of esters is 1. The average Bonchev–Trinajstić information content (AvgIpc) is 2.37. The first-order chi connectivity index (χ1) is 8.57. The van der Waals surface area contributed by atoms with Gasteiger partial charge in [-0.05, 0) is 19.1 Å². The Morgan fingerprint density at radius 3 is 2.94 bits per heavy atom. The number of rotatable bonds is 2. The molecule has 0 amide bonds. The van der Waals surface area contributed by atoms with Crippen molar-refractivity contribution >= 4 is 17.0 Å². The molecule has 0 atom stereocenters. The van der Waals surface area contributed by atoms with Crippen molar-refractivity contribution in [2.24, 2.45) is 7.05 Å². The molecule has 18 heavy (non-hydrogen) atoms. The predicted octanol–water partition coefficient (Wildman–Crippen LogP) is 0.816. The summed E-state index contributed by atoms with van der Waals surface area (Å²) in [4.78, 5) is 27.6. The largest absolute Gasteiger partial charge is 0.506 e. The molecule has 94 valence electrons. The molecule has 2 heterocycles. The van der Waals surface area contributed by atoms with E-state index in [0.29, 0.717) is 11.0 Å². The molecule has 0 aliphatic rings. The fraction of sp³-hybridized carbons (Fsp3) is 0.250. The van der Waals surface area contributed by atoms with Crippen molar-refractivity contribution in [2.45, 2.75) is 6.92 Å². The van der Waals surface area contributed by atoms with Crippen LogP contribution in [-0.4, -0.2) is 27.2 Å². The van der Waals surface area contributed by atoms with Gasteiger partial charge in [0.15, 0.2) is 5.56 Å². The molecule has 2 rings (SSSR count). The van der Waals surface area contributed by atoms with Gasteiger partial charge in [0.25, 0.3) is 5.56 Å². The zero-order valence-corrected chi connectivity index (χ0v) is 10.0. The van der Waals surface area contributed by atoms with Crippen LogP contribution < -0.4 is 5.56 Å². The van der Waals surface area contributed by atoms with E-state index in [9.17, 15) is 14.7 Å². The number of aromatic hydroxyl groups is 1. The van der Waals surface area contributed by atoms with Crippen LogP contribution in [0.2, 0.25) is 0 Å². The van der Waals surface area contributed by atoms with Crippen LogP contribution in [0.1, 0.15) is 17.3 Å². The second-order valence-electron chi connectivity index (χ2n) is 3.68. The second kappa shape index (κ2) is 4.48. The third-order valence-corrected chi connectivity index (χ3v) is 2.59. The van der Waals surface area contributed by atoms with Gasteiger partial charge in [0.1, 0.15) is 11.4 Å². The standard InChI is InChI=1S/C12H12N2O4/c1-3-18-12(17)8-9(15)7-5-4-6-13-10(7)14(2)11(8)16/h4-6,15H,3H2,1-2H3. The highest BCUT2D eigenvalue weighted by Crippen LogP contribution is 2.24. The van der Waals surface area contributed by atoms with E-state index in [4.69, 9.17) is 4.74 Å². The maximum Gasteiger partial charge on any atom is 0.347 e. The number of aromatic nitrogens is 2. The number of nitrogens with zero attached hydrogens (tertiary/aromatic N) is 2. The summed E-state index contributed by atoms with van der Waals surface area (Å²) in [7, 11) is 1.49. The van der Waals surface area contributed by atoms with Gasteiger partial charge in [-0.25, -0.2) is 9.78 Å². The van der Waals surface area contributed by atoms with E-state index in [1.165, 1.54) is 17.8 Å². The van der Waals surface area contributed by atoms with E-state index in [-0.39, 0.29) is 17.9 Å². The van der Waals surface area contributed by atoms with Crippen LogP contribution in [-0.2, 0) is 11.8 Å². The minimum atomic E-state index is -0.832. The summed E-state index contributed by atoms with van der Waals surface area (Å²) in [5, 5.41) is 10.3. The lowest BCUT2D eigenvalue weighted by atomic mass is 10.1. The van der Waals surface area contributed by atoms with Gasteiger partial charge in [-0.2, -0.15) is 0 Å². The maximum absolute atomic E-state index is 12.0. The van der Waals surface area contributed by atoms with E-state index < -0.39 is 11.5 Å². The fourth-order valence-corrected chi connectivity index (χ4v) is 1.74. The van der Waals surface area contributed by atoms with Gasteiger partial charge in [0.05, 0.1) is 12.0 Å². The number of pyridine rings is 2. The van der Waals surface area contributed by atoms with E-state index in [2.05, 4.69) is 4.98 Å². The van der Waals surface area contributed by atoms with E-state index in [1.54, 1.807) is 19.1 Å². The van der Waals surface area contributed by atoms with Gasteiger partial charge < -0.3 is 9.84 Å². The molecule has 6 heteroatoms. The average molecular weight is 248 g/mol. The monoisotopic (exact) mass is 248 g/mol. The number of hydrogen-bond acceptors (Lipinski definition) is 5. The van der Waals surface area contributed by atoms with Crippen LogP contribution in [0.3, 0.4) is 0 Å².